The lowest BCUT2D eigenvalue weighted by molar-refractivity contribution is -0.307. The summed E-state index contributed by atoms with van der Waals surface area (Å²) >= 11 is 0. The summed E-state index contributed by atoms with van der Waals surface area (Å²) < 4.78 is 0. The van der Waals surface area contributed by atoms with Crippen molar-refractivity contribution < 1.29 is 19.8 Å². The van der Waals surface area contributed by atoms with Gasteiger partial charge in [-0.25, -0.2) is 0 Å². The lowest BCUT2D eigenvalue weighted by Crippen LogP contribution is -2.45. The fourth-order valence-electron chi connectivity index (χ4n) is 2.49. The predicted molar refractivity (Wildman–Crippen MR) is 83.3 cm³/mol. The van der Waals surface area contributed by atoms with E-state index in [-0.39, 0.29) is 0 Å². The standard InChI is InChI=1S/C18H21NO4/c1-13(17(21)22)19-16(20)15-7-5-14(6-8-15)9-12-18(23)10-3-2-4-11-18/h5-8,13,23H,2-4,10-11H2,1H3,(H,19,20)(H,21,22)/p-1/t13-/m0/s1. The number of aliphatic carboxylic acids is 1. The van der Waals surface area contributed by atoms with Crippen LogP contribution in [0.15, 0.2) is 24.3 Å². The molecule has 0 spiro atoms. The van der Waals surface area contributed by atoms with Gasteiger partial charge < -0.3 is 20.3 Å². The predicted octanol–water partition coefficient (Wildman–Crippen LogP) is 0.601. The first-order valence-corrected chi connectivity index (χ1v) is 7.77. The van der Waals surface area contributed by atoms with Crippen molar-refractivity contribution in [1.82, 2.24) is 5.32 Å². The zero-order valence-electron chi connectivity index (χ0n) is 13.1. The topological polar surface area (TPSA) is 89.5 Å². The molecule has 1 aliphatic carbocycles. The molecule has 0 unspecified atom stereocenters. The van der Waals surface area contributed by atoms with Crippen LogP contribution in [0.2, 0.25) is 0 Å². The summed E-state index contributed by atoms with van der Waals surface area (Å²) in [7, 11) is 0. The average Bonchev–Trinajstić information content (AvgIpc) is 2.54. The molecule has 0 heterocycles. The Bertz CT molecular complexity index is 633. The van der Waals surface area contributed by atoms with E-state index in [1.807, 2.05) is 0 Å². The van der Waals surface area contributed by atoms with Crippen LogP contribution in [0.1, 0.15) is 54.9 Å². The van der Waals surface area contributed by atoms with E-state index in [4.69, 9.17) is 0 Å². The van der Waals surface area contributed by atoms with Crippen molar-refractivity contribution >= 4 is 11.9 Å². The number of nitrogens with one attached hydrogen (secondary N) is 1. The van der Waals surface area contributed by atoms with Crippen LogP contribution in [0.5, 0.6) is 0 Å². The first-order valence-electron chi connectivity index (χ1n) is 7.77. The summed E-state index contributed by atoms with van der Waals surface area (Å²) in [5.41, 5.74) is 0.145. The highest BCUT2D eigenvalue weighted by molar-refractivity contribution is 5.96. The van der Waals surface area contributed by atoms with Crippen molar-refractivity contribution in [3.05, 3.63) is 35.4 Å². The molecule has 1 saturated carbocycles. The summed E-state index contributed by atoms with van der Waals surface area (Å²) in [4.78, 5) is 22.5. The van der Waals surface area contributed by atoms with E-state index in [1.165, 1.54) is 6.92 Å². The maximum Gasteiger partial charge on any atom is 0.251 e. The molecule has 0 aromatic heterocycles. The van der Waals surface area contributed by atoms with Crippen LogP contribution in [0, 0.1) is 11.8 Å². The number of carbonyl (C=O) groups is 2. The van der Waals surface area contributed by atoms with Gasteiger partial charge in [-0.05, 0) is 56.9 Å². The molecule has 2 rings (SSSR count). The summed E-state index contributed by atoms with van der Waals surface area (Å²) in [6, 6.07) is 5.45. The van der Waals surface area contributed by atoms with Gasteiger partial charge in [0.05, 0.1) is 12.0 Å². The molecule has 1 aliphatic rings. The van der Waals surface area contributed by atoms with Gasteiger partial charge in [0.15, 0.2) is 0 Å². The monoisotopic (exact) mass is 314 g/mol. The molecule has 122 valence electrons. The van der Waals surface area contributed by atoms with E-state index in [0.717, 1.165) is 19.3 Å². The van der Waals surface area contributed by atoms with Crippen LogP contribution >= 0.6 is 0 Å². The van der Waals surface area contributed by atoms with Crippen molar-refractivity contribution in [2.45, 2.75) is 50.7 Å². The van der Waals surface area contributed by atoms with E-state index in [2.05, 4.69) is 17.2 Å². The van der Waals surface area contributed by atoms with Gasteiger partial charge in [-0.15, -0.1) is 0 Å². The lowest BCUT2D eigenvalue weighted by atomic mass is 9.85. The van der Waals surface area contributed by atoms with Crippen molar-refractivity contribution in [1.29, 1.82) is 0 Å². The van der Waals surface area contributed by atoms with Crippen LogP contribution < -0.4 is 10.4 Å². The molecule has 1 aromatic carbocycles. The van der Waals surface area contributed by atoms with Gasteiger partial charge >= 0.3 is 0 Å². The third-order valence-corrected chi connectivity index (χ3v) is 3.97. The second-order valence-corrected chi connectivity index (χ2v) is 5.93. The molecule has 1 fully saturated rings. The van der Waals surface area contributed by atoms with E-state index in [0.29, 0.717) is 24.0 Å². The Hall–Kier alpha value is -2.32. The number of carboxylic acids is 1. The molecular weight excluding hydrogens is 294 g/mol. The Kier molecular flexibility index (Phi) is 5.41. The number of benzene rings is 1. The van der Waals surface area contributed by atoms with Gasteiger partial charge in [0.2, 0.25) is 0 Å². The average molecular weight is 314 g/mol. The van der Waals surface area contributed by atoms with Crippen molar-refractivity contribution in [3.63, 3.8) is 0 Å². The molecule has 0 aliphatic heterocycles. The third-order valence-electron chi connectivity index (χ3n) is 3.97. The SMILES string of the molecule is C[C@H](NC(=O)c1ccc(C#CC2(O)CCCCC2)cc1)C(=O)[O-]. The van der Waals surface area contributed by atoms with Crippen molar-refractivity contribution in [3.8, 4) is 11.8 Å². The minimum absolute atomic E-state index is 0.347. The molecule has 0 bridgehead atoms. The van der Waals surface area contributed by atoms with Gasteiger partial charge in [-0.1, -0.05) is 18.3 Å². The molecule has 1 amide bonds. The summed E-state index contributed by atoms with van der Waals surface area (Å²) in [5.74, 6) is 4.06. The molecule has 2 N–H and O–H groups in total. The Labute approximate surface area is 135 Å². The second-order valence-electron chi connectivity index (χ2n) is 5.93. The number of rotatable bonds is 3. The fraction of sp³-hybridized carbons (Fsp3) is 0.444. The molecule has 1 aromatic rings. The minimum atomic E-state index is -1.33. The second kappa shape index (κ2) is 7.30. The molecule has 1 atom stereocenters. The number of hydrogen-bond donors (Lipinski definition) is 2. The van der Waals surface area contributed by atoms with Gasteiger partial charge in [-0.2, -0.15) is 0 Å². The molecule has 23 heavy (non-hydrogen) atoms. The van der Waals surface area contributed by atoms with Crippen LogP contribution in [0.4, 0.5) is 0 Å². The first-order chi connectivity index (χ1) is 10.9. The van der Waals surface area contributed by atoms with Gasteiger partial charge in [-0.3, -0.25) is 4.79 Å². The van der Waals surface area contributed by atoms with Gasteiger partial charge in [0.25, 0.3) is 5.91 Å². The summed E-state index contributed by atoms with van der Waals surface area (Å²) in [6.07, 6.45) is 4.50. The van der Waals surface area contributed by atoms with Crippen molar-refractivity contribution in [2.24, 2.45) is 0 Å². The number of carbonyl (C=O) groups excluding carboxylic acids is 2. The van der Waals surface area contributed by atoms with Crippen LogP contribution in [-0.4, -0.2) is 28.6 Å². The highest BCUT2D eigenvalue weighted by atomic mass is 16.4. The zero-order valence-corrected chi connectivity index (χ0v) is 13.1. The summed E-state index contributed by atoms with van der Waals surface area (Å²) in [6.45, 7) is 1.35. The molecule has 0 saturated heterocycles. The largest absolute Gasteiger partial charge is 0.548 e. The lowest BCUT2D eigenvalue weighted by Gasteiger charge is -2.26. The van der Waals surface area contributed by atoms with Gasteiger partial charge in [0, 0.05) is 11.1 Å². The zero-order chi connectivity index (χ0) is 16.9. The van der Waals surface area contributed by atoms with Gasteiger partial charge in [0.1, 0.15) is 5.60 Å². The van der Waals surface area contributed by atoms with Crippen LogP contribution in [-0.2, 0) is 4.79 Å². The molecule has 5 heteroatoms. The summed E-state index contributed by atoms with van der Waals surface area (Å²) in [5, 5.41) is 23.3. The quantitative estimate of drug-likeness (QED) is 0.800. The molecular formula is C18H20NO4-. The normalized spacial score (nSPS) is 17.5. The minimum Gasteiger partial charge on any atom is -0.548 e. The van der Waals surface area contributed by atoms with Crippen LogP contribution in [0.25, 0.3) is 0 Å². The fourth-order valence-corrected chi connectivity index (χ4v) is 2.49. The maximum absolute atomic E-state index is 11.8. The number of hydrogen-bond acceptors (Lipinski definition) is 4. The Morgan fingerprint density at radius 3 is 2.39 bits per heavy atom. The van der Waals surface area contributed by atoms with Crippen molar-refractivity contribution in [2.75, 3.05) is 0 Å². The van der Waals surface area contributed by atoms with Crippen LogP contribution in [0.3, 0.4) is 0 Å². The Balaban J connectivity index is 2.02. The first kappa shape index (κ1) is 17.0. The maximum atomic E-state index is 11.8. The Morgan fingerprint density at radius 1 is 1.22 bits per heavy atom. The van der Waals surface area contributed by atoms with E-state index in [9.17, 15) is 19.8 Å². The van der Waals surface area contributed by atoms with E-state index < -0.39 is 23.5 Å². The highest BCUT2D eigenvalue weighted by Gasteiger charge is 2.26. The number of carboxylic acid groups (broad SMARTS) is 1. The van der Waals surface area contributed by atoms with E-state index >= 15 is 0 Å². The number of amides is 1. The third kappa shape index (κ3) is 4.83. The Morgan fingerprint density at radius 2 is 1.83 bits per heavy atom. The van der Waals surface area contributed by atoms with E-state index in [1.54, 1.807) is 24.3 Å². The smallest absolute Gasteiger partial charge is 0.251 e. The number of aliphatic hydroxyl groups is 1. The molecule has 0 radical (unpaired) electrons. The molecule has 5 nitrogen and oxygen atoms in total. The highest BCUT2D eigenvalue weighted by Crippen LogP contribution is 2.27.